The molecule has 1 aliphatic heterocycles. The van der Waals surface area contributed by atoms with E-state index in [1.54, 1.807) is 0 Å². The molecule has 11 heavy (non-hydrogen) atoms. The molecule has 3 heteroatoms. The Labute approximate surface area is 75.3 Å². The number of hydrogen-bond acceptors (Lipinski definition) is 0. The maximum Gasteiger partial charge on any atom is 0.280 e. The Kier molecular flexibility index (Phi) is 2.66. The van der Waals surface area contributed by atoms with Crippen LogP contribution in [0.15, 0.2) is 24.2 Å². The van der Waals surface area contributed by atoms with Crippen LogP contribution in [0.2, 0.25) is 25.1 Å². The second-order valence-electron chi connectivity index (χ2n) is 4.11. The molecule has 0 aromatic heterocycles. The normalized spacial score (nSPS) is 24.4. The molecular weight excluding hydrogens is 170 g/mol. The minimum absolute atomic E-state index is 0.228. The lowest BCUT2D eigenvalue weighted by Crippen LogP contribution is -2.35. The van der Waals surface area contributed by atoms with Crippen molar-refractivity contribution < 1.29 is 0 Å². The molecule has 1 unspecified atom stereocenters. The number of halogens is 1. The third-order valence-electron chi connectivity index (χ3n) is 2.07. The molecule has 0 aromatic rings. The van der Waals surface area contributed by atoms with E-state index in [1.165, 1.54) is 0 Å². The zero-order valence-corrected chi connectivity index (χ0v) is 9.10. The average molecular weight is 185 g/mol. The lowest BCUT2D eigenvalue weighted by atomic mass is 9.69. The molecule has 0 bridgehead atoms. The SMILES string of the molecule is C[Si](C)(C)C1C=CC=CB1Cl. The van der Waals surface area contributed by atoms with Gasteiger partial charge in [0.15, 0.2) is 0 Å². The lowest BCUT2D eigenvalue weighted by Gasteiger charge is -2.28. The molecule has 0 saturated carbocycles. The second kappa shape index (κ2) is 3.20. The molecule has 0 aromatic carbocycles. The first-order valence-electron chi connectivity index (χ1n) is 4.01. The Morgan fingerprint density at radius 1 is 1.27 bits per heavy atom. The van der Waals surface area contributed by atoms with E-state index in [0.717, 1.165) is 0 Å². The Balaban J connectivity index is 2.74. The molecule has 0 spiro atoms. The third-order valence-corrected chi connectivity index (χ3v) is 5.25. The van der Waals surface area contributed by atoms with Crippen molar-refractivity contribution in [2.75, 3.05) is 0 Å². The van der Waals surface area contributed by atoms with Crippen LogP contribution in [0, 0.1) is 0 Å². The summed E-state index contributed by atoms with van der Waals surface area (Å²) in [6, 6.07) is 0. The summed E-state index contributed by atoms with van der Waals surface area (Å²) in [4.78, 5) is 0. The Hall–Kier alpha value is 0.0518. The largest absolute Gasteiger partial charge is 0.280 e. The van der Waals surface area contributed by atoms with Crippen molar-refractivity contribution in [1.29, 1.82) is 0 Å². The van der Waals surface area contributed by atoms with Crippen LogP contribution < -0.4 is 0 Å². The zero-order valence-electron chi connectivity index (χ0n) is 7.34. The molecule has 0 N–H and O–H groups in total. The summed E-state index contributed by atoms with van der Waals surface area (Å²) in [6.45, 7) is 7.07. The number of rotatable bonds is 1. The molecule has 0 fully saturated rings. The van der Waals surface area contributed by atoms with Crippen LogP contribution in [0.3, 0.4) is 0 Å². The number of hydrogen-bond donors (Lipinski definition) is 0. The van der Waals surface area contributed by atoms with Gasteiger partial charge < -0.3 is 0 Å². The van der Waals surface area contributed by atoms with Crippen LogP contribution in [0.1, 0.15) is 0 Å². The highest BCUT2D eigenvalue weighted by Crippen LogP contribution is 2.30. The molecule has 1 aliphatic rings. The van der Waals surface area contributed by atoms with Crippen molar-refractivity contribution in [3.63, 3.8) is 0 Å². The van der Waals surface area contributed by atoms with Gasteiger partial charge in [-0.25, -0.2) is 0 Å². The van der Waals surface area contributed by atoms with Crippen molar-refractivity contribution in [3.05, 3.63) is 24.2 Å². The molecule has 0 radical (unpaired) electrons. The van der Waals surface area contributed by atoms with Crippen LogP contribution in [-0.2, 0) is 0 Å². The van der Waals surface area contributed by atoms with Gasteiger partial charge in [-0.05, 0) is 5.44 Å². The van der Waals surface area contributed by atoms with Gasteiger partial charge in [0, 0.05) is 8.07 Å². The van der Waals surface area contributed by atoms with E-state index in [2.05, 4.69) is 37.8 Å². The molecule has 0 saturated heterocycles. The standard InChI is InChI=1S/C8H14BClSi/c1-11(2,3)8-6-4-5-7-9(8)10/h4-8H,1-3H3. The molecular formula is C8H14BClSi. The van der Waals surface area contributed by atoms with E-state index < -0.39 is 8.07 Å². The first-order chi connectivity index (χ1) is 5.02. The highest BCUT2D eigenvalue weighted by atomic mass is 35.5. The van der Waals surface area contributed by atoms with Gasteiger partial charge in [-0.15, -0.1) is 0 Å². The van der Waals surface area contributed by atoms with E-state index >= 15 is 0 Å². The predicted octanol–water partition coefficient (Wildman–Crippen LogP) is 3.13. The fourth-order valence-corrected chi connectivity index (χ4v) is 4.40. The Bertz CT molecular complexity index is 193. The molecule has 0 nitrogen and oxygen atoms in total. The molecule has 0 amide bonds. The topological polar surface area (TPSA) is 0 Å². The summed E-state index contributed by atoms with van der Waals surface area (Å²) in [5.74, 6) is 2.09. The summed E-state index contributed by atoms with van der Waals surface area (Å²) in [5, 5.41) is 0. The van der Waals surface area contributed by atoms with Crippen molar-refractivity contribution in [1.82, 2.24) is 0 Å². The van der Waals surface area contributed by atoms with Crippen LogP contribution in [0.5, 0.6) is 0 Å². The summed E-state index contributed by atoms with van der Waals surface area (Å²) in [7, 11) is -1.09. The second-order valence-corrected chi connectivity index (χ2v) is 10.0. The van der Waals surface area contributed by atoms with Crippen molar-refractivity contribution >= 4 is 25.7 Å². The van der Waals surface area contributed by atoms with Gasteiger partial charge in [0.25, 0.3) is 6.13 Å². The van der Waals surface area contributed by atoms with Gasteiger partial charge in [0.1, 0.15) is 0 Å². The summed E-state index contributed by atoms with van der Waals surface area (Å²) in [6.07, 6.45) is 6.63. The van der Waals surface area contributed by atoms with Crippen molar-refractivity contribution in [2.24, 2.45) is 0 Å². The molecule has 1 atom stereocenters. The highest BCUT2D eigenvalue weighted by molar-refractivity contribution is 7.16. The van der Waals surface area contributed by atoms with Crippen LogP contribution in [0.4, 0.5) is 0 Å². The summed E-state index contributed by atoms with van der Waals surface area (Å²) in [5.41, 5.74) is 0.606. The van der Waals surface area contributed by atoms with E-state index in [0.29, 0.717) is 5.44 Å². The van der Waals surface area contributed by atoms with Crippen LogP contribution >= 0.6 is 11.5 Å². The minimum atomic E-state index is -1.09. The summed E-state index contributed by atoms with van der Waals surface area (Å²) >= 11 is 6.16. The van der Waals surface area contributed by atoms with Crippen molar-refractivity contribution in [3.8, 4) is 0 Å². The zero-order chi connectivity index (χ0) is 8.48. The predicted molar refractivity (Wildman–Crippen MR) is 57.0 cm³/mol. The molecule has 1 heterocycles. The van der Waals surface area contributed by atoms with Gasteiger partial charge in [0.2, 0.25) is 0 Å². The fraction of sp³-hybridized carbons (Fsp3) is 0.500. The maximum atomic E-state index is 6.16. The fourth-order valence-electron chi connectivity index (χ4n) is 1.35. The number of allylic oxidation sites excluding steroid dienone is 3. The molecule has 60 valence electrons. The third kappa shape index (κ3) is 2.24. The monoisotopic (exact) mass is 184 g/mol. The average Bonchev–Trinajstić information content (AvgIpc) is 1.86. The Morgan fingerprint density at radius 3 is 2.27 bits per heavy atom. The maximum absolute atomic E-state index is 6.16. The summed E-state index contributed by atoms with van der Waals surface area (Å²) < 4.78 is 0. The Morgan fingerprint density at radius 2 is 1.91 bits per heavy atom. The van der Waals surface area contributed by atoms with Crippen molar-refractivity contribution in [2.45, 2.75) is 25.1 Å². The molecule has 1 rings (SSSR count). The first-order valence-corrected chi connectivity index (χ1v) is 8.02. The van der Waals surface area contributed by atoms with E-state index in [4.69, 9.17) is 11.5 Å². The van der Waals surface area contributed by atoms with Gasteiger partial charge in [0.05, 0.1) is 0 Å². The van der Waals surface area contributed by atoms with E-state index in [1.807, 2.05) is 6.08 Å². The van der Waals surface area contributed by atoms with Gasteiger partial charge in [-0.2, -0.15) is 11.5 Å². The van der Waals surface area contributed by atoms with Gasteiger partial charge >= 0.3 is 0 Å². The van der Waals surface area contributed by atoms with E-state index in [9.17, 15) is 0 Å². The van der Waals surface area contributed by atoms with Gasteiger partial charge in [-0.1, -0.05) is 43.8 Å². The van der Waals surface area contributed by atoms with E-state index in [-0.39, 0.29) is 6.13 Å². The molecule has 0 aliphatic carbocycles. The lowest BCUT2D eigenvalue weighted by molar-refractivity contribution is 1.37. The van der Waals surface area contributed by atoms with Gasteiger partial charge in [-0.3, -0.25) is 0 Å². The highest BCUT2D eigenvalue weighted by Gasteiger charge is 2.32. The smallest absolute Gasteiger partial charge is 0.189 e. The van der Waals surface area contributed by atoms with Crippen LogP contribution in [0.25, 0.3) is 0 Å². The minimum Gasteiger partial charge on any atom is -0.189 e. The first kappa shape index (κ1) is 9.14. The quantitative estimate of drug-likeness (QED) is 0.550. The van der Waals surface area contributed by atoms with Crippen LogP contribution in [-0.4, -0.2) is 14.2 Å².